The number of hydrogen-bond donors (Lipinski definition) is 2. The third-order valence-corrected chi connectivity index (χ3v) is 4.89. The molecule has 0 aliphatic rings. The number of thiazole rings is 1. The summed E-state index contributed by atoms with van der Waals surface area (Å²) < 4.78 is 38.9. The van der Waals surface area contributed by atoms with Crippen LogP contribution in [0, 0.1) is 5.95 Å². The second kappa shape index (κ2) is 8.34. The highest BCUT2D eigenvalue weighted by molar-refractivity contribution is 7.18. The number of halogens is 3. The molecule has 2 amide bonds. The van der Waals surface area contributed by atoms with Crippen LogP contribution < -0.4 is 10.6 Å². The van der Waals surface area contributed by atoms with Gasteiger partial charge in [0.2, 0.25) is 11.9 Å². The van der Waals surface area contributed by atoms with Gasteiger partial charge < -0.3 is 10.6 Å². The number of pyridine rings is 1. The molecule has 2 N–H and O–H groups in total. The van der Waals surface area contributed by atoms with E-state index in [0.29, 0.717) is 15.8 Å². The first-order chi connectivity index (χ1) is 13.4. The largest absolute Gasteiger partial charge is 0.354 e. The molecule has 0 aliphatic carbocycles. The first kappa shape index (κ1) is 19.7. The molecule has 0 saturated carbocycles. The normalized spacial score (nSPS) is 12.2. The molecule has 0 radical (unpaired) electrons. The Morgan fingerprint density at radius 2 is 1.89 bits per heavy atom. The number of carbonyl (C=O) groups excluding carboxylic acids is 2. The van der Waals surface area contributed by atoms with Crippen molar-refractivity contribution in [2.24, 2.45) is 0 Å². The van der Waals surface area contributed by atoms with Crippen LogP contribution in [0.2, 0.25) is 0 Å². The van der Waals surface area contributed by atoms with Gasteiger partial charge in [0.1, 0.15) is 5.01 Å². The molecule has 1 aromatic carbocycles. The van der Waals surface area contributed by atoms with E-state index in [1.807, 2.05) is 5.32 Å². The van der Waals surface area contributed by atoms with Gasteiger partial charge in [-0.3, -0.25) is 9.59 Å². The van der Waals surface area contributed by atoms with Gasteiger partial charge in [-0.15, -0.1) is 11.3 Å². The number of aromatic nitrogens is 2. The molecule has 0 fully saturated rings. The number of amides is 2. The van der Waals surface area contributed by atoms with E-state index in [4.69, 9.17) is 0 Å². The molecular weight excluding hydrogens is 393 g/mol. The fourth-order valence-electron chi connectivity index (χ4n) is 2.51. The van der Waals surface area contributed by atoms with Crippen molar-refractivity contribution in [3.05, 3.63) is 47.5 Å². The molecule has 0 bridgehead atoms. The molecule has 2 aromatic heterocycles. The van der Waals surface area contributed by atoms with Gasteiger partial charge in [0, 0.05) is 18.3 Å². The molecule has 0 aliphatic heterocycles. The summed E-state index contributed by atoms with van der Waals surface area (Å²) in [6.45, 7) is 1.94. The van der Waals surface area contributed by atoms with Crippen molar-refractivity contribution in [3.63, 3.8) is 0 Å². The van der Waals surface area contributed by atoms with Gasteiger partial charge in [-0.05, 0) is 36.8 Å². The standard InChI is InChI=1S/C18H15F3N4O2S/c1-2-22-16(26)14(25-17(27)15(20)21)18-24-11-5-3-9(7-12(11)28-18)10-4-6-13(19)23-8-10/h3-8,14-15H,2H2,1H3,(H,22,26)(H,25,27). The predicted molar refractivity (Wildman–Crippen MR) is 98.4 cm³/mol. The van der Waals surface area contributed by atoms with E-state index in [9.17, 15) is 22.8 Å². The van der Waals surface area contributed by atoms with Crippen molar-refractivity contribution in [2.75, 3.05) is 6.54 Å². The smallest absolute Gasteiger partial charge is 0.315 e. The van der Waals surface area contributed by atoms with E-state index in [2.05, 4.69) is 15.3 Å². The highest BCUT2D eigenvalue weighted by Gasteiger charge is 2.29. The van der Waals surface area contributed by atoms with Gasteiger partial charge in [-0.25, -0.2) is 9.97 Å². The van der Waals surface area contributed by atoms with Crippen LogP contribution >= 0.6 is 11.3 Å². The summed E-state index contributed by atoms with van der Waals surface area (Å²) in [6.07, 6.45) is -1.86. The Balaban J connectivity index is 1.96. The number of benzene rings is 1. The average molecular weight is 408 g/mol. The first-order valence-electron chi connectivity index (χ1n) is 8.27. The van der Waals surface area contributed by atoms with E-state index in [0.717, 1.165) is 16.9 Å². The fraction of sp³-hybridized carbons (Fsp3) is 0.222. The zero-order chi connectivity index (χ0) is 20.3. The van der Waals surface area contributed by atoms with Gasteiger partial charge in [0.25, 0.3) is 5.91 Å². The summed E-state index contributed by atoms with van der Waals surface area (Å²) in [4.78, 5) is 31.6. The lowest BCUT2D eigenvalue weighted by Crippen LogP contribution is -2.42. The summed E-state index contributed by atoms with van der Waals surface area (Å²) in [7, 11) is 0. The van der Waals surface area contributed by atoms with E-state index in [-0.39, 0.29) is 11.6 Å². The Hall–Kier alpha value is -3.01. The van der Waals surface area contributed by atoms with Crippen LogP contribution in [0.4, 0.5) is 13.2 Å². The molecule has 3 rings (SSSR count). The topological polar surface area (TPSA) is 84.0 Å². The Kier molecular flexibility index (Phi) is 5.88. The maximum Gasteiger partial charge on any atom is 0.315 e. The highest BCUT2D eigenvalue weighted by atomic mass is 32.1. The second-order valence-electron chi connectivity index (χ2n) is 5.74. The summed E-state index contributed by atoms with van der Waals surface area (Å²) in [6, 6.07) is 6.70. The summed E-state index contributed by atoms with van der Waals surface area (Å²) in [5.74, 6) is -2.77. The van der Waals surface area contributed by atoms with Crippen LogP contribution in [0.3, 0.4) is 0 Å². The summed E-state index contributed by atoms with van der Waals surface area (Å²) >= 11 is 1.10. The predicted octanol–water partition coefficient (Wildman–Crippen LogP) is 3.06. The lowest BCUT2D eigenvalue weighted by molar-refractivity contribution is -0.136. The van der Waals surface area contributed by atoms with Crippen molar-refractivity contribution < 1.29 is 22.8 Å². The summed E-state index contributed by atoms with van der Waals surface area (Å²) in [5.41, 5.74) is 1.98. The molecule has 1 unspecified atom stereocenters. The zero-order valence-corrected chi connectivity index (χ0v) is 15.4. The van der Waals surface area contributed by atoms with Gasteiger partial charge >= 0.3 is 6.43 Å². The fourth-order valence-corrected chi connectivity index (χ4v) is 3.57. The molecule has 10 heteroatoms. The lowest BCUT2D eigenvalue weighted by atomic mass is 10.1. The maximum absolute atomic E-state index is 13.0. The van der Waals surface area contributed by atoms with Crippen molar-refractivity contribution in [2.45, 2.75) is 19.4 Å². The monoisotopic (exact) mass is 408 g/mol. The summed E-state index contributed by atoms with van der Waals surface area (Å²) in [5, 5.41) is 4.71. The van der Waals surface area contributed by atoms with Gasteiger partial charge in [0.15, 0.2) is 6.04 Å². The molecular formula is C18H15F3N4O2S. The van der Waals surface area contributed by atoms with Gasteiger partial charge in [0.05, 0.1) is 10.2 Å². The minimum Gasteiger partial charge on any atom is -0.354 e. The van der Waals surface area contributed by atoms with Crippen LogP contribution in [-0.4, -0.2) is 34.8 Å². The Labute approximate surface area is 161 Å². The molecule has 6 nitrogen and oxygen atoms in total. The van der Waals surface area contributed by atoms with Crippen LogP contribution in [0.5, 0.6) is 0 Å². The number of alkyl halides is 2. The number of carbonyl (C=O) groups is 2. The molecule has 1 atom stereocenters. The van der Waals surface area contributed by atoms with Crippen LogP contribution in [0.25, 0.3) is 21.3 Å². The van der Waals surface area contributed by atoms with Crippen LogP contribution in [-0.2, 0) is 9.59 Å². The van der Waals surface area contributed by atoms with Crippen molar-refractivity contribution in [1.29, 1.82) is 0 Å². The third kappa shape index (κ3) is 4.28. The van der Waals surface area contributed by atoms with E-state index in [1.165, 1.54) is 12.3 Å². The van der Waals surface area contributed by atoms with Crippen LogP contribution in [0.1, 0.15) is 18.0 Å². The molecule has 0 spiro atoms. The minimum absolute atomic E-state index is 0.185. The quantitative estimate of drug-likeness (QED) is 0.614. The Morgan fingerprint density at radius 3 is 2.54 bits per heavy atom. The first-order valence-corrected chi connectivity index (χ1v) is 9.09. The number of nitrogens with zero attached hydrogens (tertiary/aromatic N) is 2. The van der Waals surface area contributed by atoms with Crippen molar-refractivity contribution >= 4 is 33.4 Å². The molecule has 3 aromatic rings. The van der Waals surface area contributed by atoms with E-state index in [1.54, 1.807) is 31.2 Å². The molecule has 0 saturated heterocycles. The molecule has 2 heterocycles. The molecule has 28 heavy (non-hydrogen) atoms. The highest BCUT2D eigenvalue weighted by Crippen LogP contribution is 2.31. The molecule has 146 valence electrons. The van der Waals surface area contributed by atoms with Gasteiger partial charge in [-0.2, -0.15) is 13.2 Å². The van der Waals surface area contributed by atoms with Gasteiger partial charge in [-0.1, -0.05) is 6.07 Å². The Bertz CT molecular complexity index is 1010. The SMILES string of the molecule is CCNC(=O)C(NC(=O)C(F)F)c1nc2ccc(-c3ccc(F)nc3)cc2s1. The third-order valence-electron chi connectivity index (χ3n) is 3.81. The zero-order valence-electron chi connectivity index (χ0n) is 14.6. The van der Waals surface area contributed by atoms with Crippen molar-refractivity contribution in [3.8, 4) is 11.1 Å². The number of fused-ring (bicyclic) bond motifs is 1. The maximum atomic E-state index is 13.0. The van der Waals surface area contributed by atoms with Crippen LogP contribution in [0.15, 0.2) is 36.5 Å². The second-order valence-corrected chi connectivity index (χ2v) is 6.80. The average Bonchev–Trinajstić information content (AvgIpc) is 3.09. The number of nitrogens with one attached hydrogen (secondary N) is 2. The van der Waals surface area contributed by atoms with E-state index < -0.39 is 30.2 Å². The number of rotatable bonds is 6. The van der Waals surface area contributed by atoms with Crippen molar-refractivity contribution in [1.82, 2.24) is 20.6 Å². The van der Waals surface area contributed by atoms with E-state index >= 15 is 0 Å². The number of likely N-dealkylation sites (N-methyl/N-ethyl adjacent to an activating group) is 1. The number of hydrogen-bond acceptors (Lipinski definition) is 5. The minimum atomic E-state index is -3.25. The Morgan fingerprint density at radius 1 is 1.14 bits per heavy atom. The lowest BCUT2D eigenvalue weighted by Gasteiger charge is -2.15.